The fourth-order valence-electron chi connectivity index (χ4n) is 6.26. The van der Waals surface area contributed by atoms with Crippen LogP contribution in [0.2, 0.25) is 10.0 Å². The van der Waals surface area contributed by atoms with Crippen LogP contribution >= 0.6 is 23.2 Å². The number of piperazine rings is 1. The summed E-state index contributed by atoms with van der Waals surface area (Å²) in [5, 5.41) is 3.07. The predicted molar refractivity (Wildman–Crippen MR) is 151 cm³/mol. The third-order valence-electron chi connectivity index (χ3n) is 8.50. The quantitative estimate of drug-likeness (QED) is 0.509. The minimum Gasteiger partial charge on any atom is -0.343 e. The number of amides is 3. The van der Waals surface area contributed by atoms with Crippen molar-refractivity contribution >= 4 is 50.9 Å². The molecule has 13 heteroatoms. The standard InChI is InChI=1S/C28H31Cl2N5O5S/c29-19-7-10-24(21(30)13-19)41(39,40)34-15-22(32-26(36)18-5-1-2-6-18)27(37)35-23(12-17-4-3-11-31-14-17)28(38)33(16-25(34)35)20-8-9-20/h3-4,7,10-11,13-14,18,20,22-23,25H,1-2,5-6,8-9,12,15-16H2,(H,32,36). The Kier molecular flexibility index (Phi) is 7.73. The number of carbonyl (C=O) groups is 3. The van der Waals surface area contributed by atoms with Gasteiger partial charge in [0.2, 0.25) is 27.7 Å². The Morgan fingerprint density at radius 1 is 1.02 bits per heavy atom. The molecule has 218 valence electrons. The van der Waals surface area contributed by atoms with E-state index in [2.05, 4.69) is 10.3 Å². The molecule has 41 heavy (non-hydrogen) atoms. The third kappa shape index (κ3) is 5.45. The lowest BCUT2D eigenvalue weighted by molar-refractivity contribution is -0.168. The molecule has 10 nitrogen and oxygen atoms in total. The normalized spacial score (nSPS) is 25.9. The van der Waals surface area contributed by atoms with Crippen LogP contribution in [0.15, 0.2) is 47.6 Å². The van der Waals surface area contributed by atoms with Gasteiger partial charge in [-0.2, -0.15) is 4.31 Å². The lowest BCUT2D eigenvalue weighted by Gasteiger charge is -2.53. The summed E-state index contributed by atoms with van der Waals surface area (Å²) in [5.41, 5.74) is 0.738. The first-order valence-corrected chi connectivity index (χ1v) is 16.1. The SMILES string of the molecule is O=C(NC1CN(S(=O)(=O)c2ccc(Cl)cc2Cl)C2CN(C3CC3)C(=O)C(Cc3cccnc3)N2C1=O)C1CCCC1. The van der Waals surface area contributed by atoms with E-state index in [0.29, 0.717) is 0 Å². The summed E-state index contributed by atoms with van der Waals surface area (Å²) >= 11 is 12.4. The molecule has 1 aromatic heterocycles. The molecule has 3 atom stereocenters. The second-order valence-electron chi connectivity index (χ2n) is 11.2. The summed E-state index contributed by atoms with van der Waals surface area (Å²) in [7, 11) is -4.29. The van der Waals surface area contributed by atoms with Gasteiger partial charge in [0, 0.05) is 42.3 Å². The average molecular weight is 621 g/mol. The zero-order valence-electron chi connectivity index (χ0n) is 22.3. The topological polar surface area (TPSA) is 120 Å². The van der Waals surface area contributed by atoms with Gasteiger partial charge in [-0.15, -0.1) is 0 Å². The Balaban J connectivity index is 1.42. The van der Waals surface area contributed by atoms with Gasteiger partial charge in [0.05, 0.1) is 11.6 Å². The largest absolute Gasteiger partial charge is 0.343 e. The molecule has 4 aliphatic rings. The van der Waals surface area contributed by atoms with Crippen LogP contribution < -0.4 is 5.32 Å². The summed E-state index contributed by atoms with van der Waals surface area (Å²) in [6.45, 7) is -0.238. The van der Waals surface area contributed by atoms with Crippen molar-refractivity contribution in [1.82, 2.24) is 24.4 Å². The molecule has 0 radical (unpaired) electrons. The third-order valence-corrected chi connectivity index (χ3v) is 11.1. The van der Waals surface area contributed by atoms with E-state index in [1.54, 1.807) is 23.4 Å². The number of benzene rings is 1. The minimum absolute atomic E-state index is 0.000354. The summed E-state index contributed by atoms with van der Waals surface area (Å²) in [6, 6.07) is 5.59. The summed E-state index contributed by atoms with van der Waals surface area (Å²) in [5.74, 6) is -1.19. The van der Waals surface area contributed by atoms with Crippen LogP contribution in [0, 0.1) is 5.92 Å². The Labute approximate surface area is 249 Å². The van der Waals surface area contributed by atoms with E-state index in [1.165, 1.54) is 27.4 Å². The highest BCUT2D eigenvalue weighted by atomic mass is 35.5. The Hall–Kier alpha value is -2.73. The van der Waals surface area contributed by atoms with E-state index < -0.39 is 34.2 Å². The fourth-order valence-corrected chi connectivity index (χ4v) is 8.59. The number of fused-ring (bicyclic) bond motifs is 1. The average Bonchev–Trinajstić information content (AvgIpc) is 3.63. The number of halogens is 2. The molecule has 3 amide bonds. The minimum atomic E-state index is -4.29. The van der Waals surface area contributed by atoms with Gasteiger partial charge in [-0.25, -0.2) is 8.42 Å². The second-order valence-corrected chi connectivity index (χ2v) is 13.9. The molecule has 4 fully saturated rings. The first-order valence-electron chi connectivity index (χ1n) is 13.9. The van der Waals surface area contributed by atoms with Gasteiger partial charge < -0.3 is 15.1 Å². The van der Waals surface area contributed by atoms with E-state index in [1.807, 2.05) is 6.07 Å². The molecule has 2 saturated heterocycles. The number of sulfonamides is 1. The summed E-state index contributed by atoms with van der Waals surface area (Å²) in [6.07, 6.45) is 7.39. The van der Waals surface area contributed by atoms with E-state index >= 15 is 0 Å². The first kappa shape index (κ1) is 28.4. The predicted octanol–water partition coefficient (Wildman–Crippen LogP) is 2.84. The maximum absolute atomic E-state index is 14.2. The number of hydrogen-bond acceptors (Lipinski definition) is 6. The van der Waals surface area contributed by atoms with Crippen LogP contribution in [0.3, 0.4) is 0 Å². The number of carbonyl (C=O) groups excluding carboxylic acids is 3. The van der Waals surface area contributed by atoms with Crippen molar-refractivity contribution in [2.24, 2.45) is 5.92 Å². The molecule has 2 aliphatic carbocycles. The lowest BCUT2D eigenvalue weighted by Crippen LogP contribution is -2.76. The number of rotatable bonds is 7. The molecule has 3 unspecified atom stereocenters. The molecule has 2 aromatic rings. The summed E-state index contributed by atoms with van der Waals surface area (Å²) < 4.78 is 29.7. The lowest BCUT2D eigenvalue weighted by atomic mass is 9.97. The van der Waals surface area contributed by atoms with Crippen LogP contribution in [-0.4, -0.2) is 82.6 Å². The van der Waals surface area contributed by atoms with Crippen molar-refractivity contribution in [2.75, 3.05) is 13.1 Å². The van der Waals surface area contributed by atoms with Crippen molar-refractivity contribution in [2.45, 2.75) is 74.1 Å². The van der Waals surface area contributed by atoms with Gasteiger partial charge in [-0.3, -0.25) is 19.4 Å². The van der Waals surface area contributed by atoms with E-state index in [-0.39, 0.29) is 58.2 Å². The summed E-state index contributed by atoms with van der Waals surface area (Å²) in [4.78, 5) is 48.3. The van der Waals surface area contributed by atoms with Gasteiger partial charge in [-0.1, -0.05) is 42.1 Å². The van der Waals surface area contributed by atoms with Gasteiger partial charge in [0.25, 0.3) is 0 Å². The van der Waals surface area contributed by atoms with Crippen LogP contribution in [0.25, 0.3) is 0 Å². The maximum Gasteiger partial charge on any atom is 0.248 e. The molecule has 6 rings (SSSR count). The van der Waals surface area contributed by atoms with E-state index in [9.17, 15) is 22.8 Å². The zero-order valence-corrected chi connectivity index (χ0v) is 24.6. The molecule has 2 aliphatic heterocycles. The molecular formula is C28H31Cl2N5O5S. The highest BCUT2D eigenvalue weighted by Gasteiger charge is 2.56. The van der Waals surface area contributed by atoms with Crippen molar-refractivity contribution < 1.29 is 22.8 Å². The second kappa shape index (κ2) is 11.2. The Bertz CT molecular complexity index is 1470. The number of pyridine rings is 1. The van der Waals surface area contributed by atoms with Crippen LogP contribution in [0.5, 0.6) is 0 Å². The van der Waals surface area contributed by atoms with Gasteiger partial charge >= 0.3 is 0 Å². The van der Waals surface area contributed by atoms with Gasteiger partial charge in [0.1, 0.15) is 23.1 Å². The molecular weight excluding hydrogens is 589 g/mol. The van der Waals surface area contributed by atoms with Crippen molar-refractivity contribution in [3.05, 3.63) is 58.3 Å². The highest BCUT2D eigenvalue weighted by molar-refractivity contribution is 7.89. The molecule has 0 spiro atoms. The molecule has 2 saturated carbocycles. The first-order chi connectivity index (χ1) is 19.6. The highest BCUT2D eigenvalue weighted by Crippen LogP contribution is 2.38. The van der Waals surface area contributed by atoms with Gasteiger partial charge in [-0.05, 0) is 55.5 Å². The van der Waals surface area contributed by atoms with Crippen molar-refractivity contribution in [3.8, 4) is 0 Å². The van der Waals surface area contributed by atoms with Crippen molar-refractivity contribution in [3.63, 3.8) is 0 Å². The van der Waals surface area contributed by atoms with Crippen molar-refractivity contribution in [1.29, 1.82) is 0 Å². The van der Waals surface area contributed by atoms with Crippen LogP contribution in [0.1, 0.15) is 44.1 Å². The van der Waals surface area contributed by atoms with Gasteiger partial charge in [0.15, 0.2) is 0 Å². The van der Waals surface area contributed by atoms with Crippen LogP contribution in [-0.2, 0) is 30.8 Å². The number of hydrogen-bond donors (Lipinski definition) is 1. The maximum atomic E-state index is 14.2. The monoisotopic (exact) mass is 619 g/mol. The molecule has 1 aromatic carbocycles. The fraction of sp³-hybridized carbons (Fsp3) is 0.500. The Morgan fingerprint density at radius 3 is 2.44 bits per heavy atom. The number of nitrogens with zero attached hydrogens (tertiary/aromatic N) is 4. The van der Waals surface area contributed by atoms with Crippen LogP contribution in [0.4, 0.5) is 0 Å². The molecule has 3 heterocycles. The Morgan fingerprint density at radius 2 is 1.78 bits per heavy atom. The van der Waals surface area contributed by atoms with E-state index in [4.69, 9.17) is 23.2 Å². The molecule has 1 N–H and O–H groups in total. The number of aromatic nitrogens is 1. The zero-order chi connectivity index (χ0) is 28.9. The number of nitrogens with one attached hydrogen (secondary N) is 1. The smallest absolute Gasteiger partial charge is 0.248 e. The molecule has 0 bridgehead atoms. The van der Waals surface area contributed by atoms with E-state index in [0.717, 1.165) is 44.1 Å².